The number of rotatable bonds is 71. The van der Waals surface area contributed by atoms with Gasteiger partial charge in [-0.05, 0) is 109 Å². The SMILES string of the molecule is CC/C=C\C/C=C\C/C=C\C/C=C\C/C=C\C/C=C\C/C=C\CCCCCCCCCCCCCCCCCC(=O)OC(COC(=O)CCCCCCCCCCCCCCCCCCCCCC/C=C\C/C=C\C/C=C\C/C=C\CC)COP(=O)([O-])OCC[N+](C)(C)C. The average Bonchev–Trinajstić information content (AvgIpc) is 1.56. The van der Waals surface area contributed by atoms with E-state index in [1.807, 2.05) is 21.1 Å². The zero-order valence-electron chi connectivity index (χ0n) is 61.6. The van der Waals surface area contributed by atoms with E-state index in [9.17, 15) is 19.0 Å². The van der Waals surface area contributed by atoms with Crippen molar-refractivity contribution in [2.75, 3.05) is 47.5 Å². The van der Waals surface area contributed by atoms with Gasteiger partial charge in [-0.3, -0.25) is 14.2 Å². The lowest BCUT2D eigenvalue weighted by Crippen LogP contribution is -2.37. The molecule has 0 heterocycles. The van der Waals surface area contributed by atoms with E-state index < -0.39 is 26.5 Å². The third kappa shape index (κ3) is 77.2. The Bertz CT molecular complexity index is 2050. The minimum absolute atomic E-state index is 0.0336. The molecule has 0 aliphatic heterocycles. The van der Waals surface area contributed by atoms with E-state index in [1.54, 1.807) is 0 Å². The number of phosphoric ester groups is 1. The number of allylic oxidation sites excluding steroid dienone is 22. The number of esters is 2. The van der Waals surface area contributed by atoms with E-state index >= 15 is 0 Å². The summed E-state index contributed by atoms with van der Waals surface area (Å²) in [6.45, 7) is 4.05. The molecule has 0 aromatic carbocycles. The Morgan fingerprint density at radius 2 is 0.574 bits per heavy atom. The van der Waals surface area contributed by atoms with Crippen LogP contribution in [0.5, 0.6) is 0 Å². The Morgan fingerprint density at radius 1 is 0.330 bits per heavy atom. The van der Waals surface area contributed by atoms with Crippen LogP contribution in [0.2, 0.25) is 0 Å². The van der Waals surface area contributed by atoms with Crippen molar-refractivity contribution >= 4 is 19.8 Å². The van der Waals surface area contributed by atoms with Crippen molar-refractivity contribution < 1.29 is 42.1 Å². The number of unbranched alkanes of at least 4 members (excludes halogenated alkanes) is 35. The van der Waals surface area contributed by atoms with Crippen LogP contribution in [0.25, 0.3) is 0 Å². The summed E-state index contributed by atoms with van der Waals surface area (Å²) in [4.78, 5) is 38.2. The first-order chi connectivity index (χ1) is 46.0. The van der Waals surface area contributed by atoms with Gasteiger partial charge in [0.1, 0.15) is 19.8 Å². The van der Waals surface area contributed by atoms with Crippen molar-refractivity contribution in [3.63, 3.8) is 0 Å². The fourth-order valence-electron chi connectivity index (χ4n) is 10.8. The maximum atomic E-state index is 12.9. The van der Waals surface area contributed by atoms with Gasteiger partial charge in [0.2, 0.25) is 0 Å². The molecule has 10 heteroatoms. The quantitative estimate of drug-likeness (QED) is 0.0195. The van der Waals surface area contributed by atoms with E-state index in [0.29, 0.717) is 17.4 Å². The minimum atomic E-state index is -4.65. The lowest BCUT2D eigenvalue weighted by molar-refractivity contribution is -0.870. The number of carbonyl (C=O) groups excluding carboxylic acids is 2. The first-order valence-electron chi connectivity index (χ1n) is 38.9. The van der Waals surface area contributed by atoms with Gasteiger partial charge in [0.15, 0.2) is 6.10 Å². The summed E-state index contributed by atoms with van der Waals surface area (Å²) in [6.07, 6.45) is 107. The molecule has 540 valence electrons. The molecule has 0 aliphatic carbocycles. The van der Waals surface area contributed by atoms with Crippen LogP contribution in [0, 0.1) is 0 Å². The van der Waals surface area contributed by atoms with Gasteiger partial charge in [-0.2, -0.15) is 0 Å². The van der Waals surface area contributed by atoms with Crippen molar-refractivity contribution in [1.29, 1.82) is 0 Å². The van der Waals surface area contributed by atoms with Crippen molar-refractivity contribution in [3.8, 4) is 0 Å². The smallest absolute Gasteiger partial charge is 0.306 e. The van der Waals surface area contributed by atoms with Crippen LogP contribution in [0.1, 0.15) is 335 Å². The van der Waals surface area contributed by atoms with Crippen LogP contribution in [0.15, 0.2) is 134 Å². The van der Waals surface area contributed by atoms with Crippen LogP contribution in [0.3, 0.4) is 0 Å². The monoisotopic (exact) mass is 1330 g/mol. The third-order valence-corrected chi connectivity index (χ3v) is 17.6. The molecular weight excluding hydrogens is 1180 g/mol. The molecule has 0 aromatic heterocycles. The summed E-state index contributed by atoms with van der Waals surface area (Å²) >= 11 is 0. The van der Waals surface area contributed by atoms with Gasteiger partial charge < -0.3 is 27.9 Å². The molecule has 0 aliphatic rings. The maximum Gasteiger partial charge on any atom is 0.306 e. The molecule has 2 unspecified atom stereocenters. The second kappa shape index (κ2) is 73.4. The molecular formula is C84H146NO8P. The van der Waals surface area contributed by atoms with Gasteiger partial charge in [-0.25, -0.2) is 0 Å². The third-order valence-electron chi connectivity index (χ3n) is 16.7. The highest BCUT2D eigenvalue weighted by atomic mass is 31.2. The van der Waals surface area contributed by atoms with Crippen molar-refractivity contribution in [3.05, 3.63) is 134 Å². The molecule has 0 fully saturated rings. The van der Waals surface area contributed by atoms with Gasteiger partial charge in [0, 0.05) is 12.8 Å². The van der Waals surface area contributed by atoms with Crippen molar-refractivity contribution in [2.45, 2.75) is 341 Å². The number of hydrogen-bond acceptors (Lipinski definition) is 8. The van der Waals surface area contributed by atoms with Gasteiger partial charge >= 0.3 is 11.9 Å². The predicted octanol–water partition coefficient (Wildman–Crippen LogP) is 25.3. The summed E-state index contributed by atoms with van der Waals surface area (Å²) in [6, 6.07) is 0. The number of phosphoric acid groups is 1. The molecule has 0 N–H and O–H groups in total. The summed E-state index contributed by atoms with van der Waals surface area (Å²) in [5, 5.41) is 0. The number of nitrogens with zero attached hydrogens (tertiary/aromatic N) is 1. The molecule has 0 bridgehead atoms. The average molecular weight is 1330 g/mol. The van der Waals surface area contributed by atoms with E-state index in [2.05, 4.69) is 148 Å². The first-order valence-corrected chi connectivity index (χ1v) is 40.4. The molecule has 0 saturated heterocycles. The molecule has 0 spiro atoms. The second-order valence-corrected chi connectivity index (χ2v) is 28.4. The maximum absolute atomic E-state index is 12.9. The summed E-state index contributed by atoms with van der Waals surface area (Å²) < 4.78 is 34.4. The van der Waals surface area contributed by atoms with Crippen molar-refractivity contribution in [1.82, 2.24) is 0 Å². The number of hydrogen-bond donors (Lipinski definition) is 0. The van der Waals surface area contributed by atoms with Gasteiger partial charge in [-0.15, -0.1) is 0 Å². The molecule has 9 nitrogen and oxygen atoms in total. The Hall–Kier alpha value is -3.85. The van der Waals surface area contributed by atoms with E-state index in [4.69, 9.17) is 18.5 Å². The van der Waals surface area contributed by atoms with Gasteiger partial charge in [-0.1, -0.05) is 347 Å². The standard InChI is InChI=1S/C84H146NO8P/c1-6-8-10-12-14-16-18-20-22-24-26-28-30-32-34-36-38-40-41-42-43-45-47-49-51-53-55-57-59-61-63-65-67-69-71-73-75-77-84(87)93-82(81-92-94(88,89)91-79-78-85(3,4)5)80-90-83(86)76-74-72-70-68-66-64-62-60-58-56-54-52-50-48-46-44-39-37-35-33-31-29-27-25-23-21-19-17-15-13-11-9-7-2/h8-11,14-17,20-23,26-29,32,34,38,40,42-43,82H,6-7,12-13,18-19,24-25,30-31,33,35-37,39,41,44-81H2,1-5H3/b10-8-,11-9-,16-14-,17-15-,22-20-,23-21-,28-26-,29-27-,34-32-,40-38-,43-42-. The first kappa shape index (κ1) is 90.2. The highest BCUT2D eigenvalue weighted by Crippen LogP contribution is 2.38. The normalized spacial score (nSPS) is 13.8. The number of likely N-dealkylation sites (N-methyl/N-ethyl adjacent to an activating group) is 1. The van der Waals surface area contributed by atoms with Gasteiger partial charge in [0.05, 0.1) is 27.7 Å². The largest absolute Gasteiger partial charge is 0.756 e. The topological polar surface area (TPSA) is 111 Å². The molecule has 94 heavy (non-hydrogen) atoms. The highest BCUT2D eigenvalue weighted by molar-refractivity contribution is 7.45. The van der Waals surface area contributed by atoms with Gasteiger partial charge in [0.25, 0.3) is 7.82 Å². The minimum Gasteiger partial charge on any atom is -0.756 e. The molecule has 0 saturated carbocycles. The fraction of sp³-hybridized carbons (Fsp3) is 0.714. The fourth-order valence-corrected chi connectivity index (χ4v) is 11.5. The summed E-state index contributed by atoms with van der Waals surface area (Å²) in [7, 11) is 1.17. The lowest BCUT2D eigenvalue weighted by atomic mass is 10.0. The Kier molecular flexibility index (Phi) is 70.4. The van der Waals surface area contributed by atoms with Crippen molar-refractivity contribution in [2.24, 2.45) is 0 Å². The molecule has 0 amide bonds. The van der Waals surface area contributed by atoms with Crippen LogP contribution in [-0.4, -0.2) is 70.0 Å². The number of ether oxygens (including phenoxy) is 2. The van der Waals surface area contributed by atoms with E-state index in [1.165, 1.54) is 193 Å². The lowest BCUT2D eigenvalue weighted by Gasteiger charge is -2.28. The van der Waals surface area contributed by atoms with Crippen LogP contribution in [-0.2, 0) is 32.7 Å². The zero-order valence-corrected chi connectivity index (χ0v) is 62.5. The van der Waals surface area contributed by atoms with E-state index in [-0.39, 0.29) is 32.0 Å². The summed E-state index contributed by atoms with van der Waals surface area (Å²) in [5.74, 6) is -0.824. The van der Waals surface area contributed by atoms with Crippen LogP contribution < -0.4 is 4.89 Å². The molecule has 0 aromatic rings. The Morgan fingerprint density at radius 3 is 0.851 bits per heavy atom. The highest BCUT2D eigenvalue weighted by Gasteiger charge is 2.22. The molecule has 0 radical (unpaired) electrons. The Labute approximate surface area is 581 Å². The number of carbonyl (C=O) groups is 2. The Balaban J connectivity index is 3.99. The predicted molar refractivity (Wildman–Crippen MR) is 406 cm³/mol. The number of quaternary nitrogens is 1. The summed E-state index contributed by atoms with van der Waals surface area (Å²) in [5.41, 5.74) is 0. The molecule has 0 rings (SSSR count). The van der Waals surface area contributed by atoms with Crippen LogP contribution in [0.4, 0.5) is 0 Å². The zero-order chi connectivity index (χ0) is 68.3. The van der Waals surface area contributed by atoms with Crippen LogP contribution >= 0.6 is 7.82 Å². The second-order valence-electron chi connectivity index (χ2n) is 27.0. The van der Waals surface area contributed by atoms with E-state index in [0.717, 1.165) is 109 Å². The molecule has 2 atom stereocenters.